The summed E-state index contributed by atoms with van der Waals surface area (Å²) in [6, 6.07) is 3.20. The summed E-state index contributed by atoms with van der Waals surface area (Å²) in [6.45, 7) is 3.44. The average Bonchev–Trinajstić information content (AvgIpc) is 2.90. The highest BCUT2D eigenvalue weighted by molar-refractivity contribution is 6.19. The summed E-state index contributed by atoms with van der Waals surface area (Å²) in [5.74, 6) is -1.93. The highest BCUT2D eigenvalue weighted by Gasteiger charge is 2.37. The fourth-order valence-corrected chi connectivity index (χ4v) is 2.09. The Morgan fingerprint density at radius 3 is 2.75 bits per heavy atom. The second-order valence-corrected chi connectivity index (χ2v) is 5.66. The molecule has 20 heavy (non-hydrogen) atoms. The van der Waals surface area contributed by atoms with Gasteiger partial charge in [0.2, 0.25) is 5.91 Å². The number of carbonyl (C=O) groups is 1. The Hall–Kier alpha value is -1.49. The zero-order valence-corrected chi connectivity index (χ0v) is 12.0. The number of rotatable bonds is 3. The Labute approximate surface area is 121 Å². The van der Waals surface area contributed by atoms with Crippen molar-refractivity contribution in [1.29, 1.82) is 0 Å². The molecule has 0 saturated heterocycles. The molecule has 108 valence electrons. The second kappa shape index (κ2) is 5.48. The van der Waals surface area contributed by atoms with Gasteiger partial charge in [-0.05, 0) is 31.5 Å². The van der Waals surface area contributed by atoms with Crippen LogP contribution in [-0.2, 0) is 4.79 Å². The molecular weight excluding hydrogens is 286 g/mol. The van der Waals surface area contributed by atoms with Gasteiger partial charge >= 0.3 is 0 Å². The van der Waals surface area contributed by atoms with E-state index in [0.717, 1.165) is 12.1 Å². The number of alkyl halides is 1. The molecule has 1 amide bonds. The van der Waals surface area contributed by atoms with Gasteiger partial charge in [-0.3, -0.25) is 4.79 Å². The summed E-state index contributed by atoms with van der Waals surface area (Å²) in [4.78, 5) is 12.4. The lowest BCUT2D eigenvalue weighted by molar-refractivity contribution is -0.141. The van der Waals surface area contributed by atoms with Crippen molar-refractivity contribution in [3.05, 3.63) is 35.4 Å². The van der Waals surface area contributed by atoms with Gasteiger partial charge in [0.25, 0.3) is 0 Å². The van der Waals surface area contributed by atoms with E-state index in [0.29, 0.717) is 12.0 Å². The highest BCUT2D eigenvalue weighted by atomic mass is 35.5. The molecule has 2 rings (SSSR count). The van der Waals surface area contributed by atoms with Crippen molar-refractivity contribution in [2.45, 2.75) is 26.3 Å². The molecule has 0 spiro atoms. The lowest BCUT2D eigenvalue weighted by atomic mass is 9.93. The van der Waals surface area contributed by atoms with Gasteiger partial charge in [0.1, 0.15) is 0 Å². The molecule has 0 aromatic heterocycles. The van der Waals surface area contributed by atoms with Crippen molar-refractivity contribution >= 4 is 23.7 Å². The van der Waals surface area contributed by atoms with E-state index in [-0.39, 0.29) is 11.8 Å². The summed E-state index contributed by atoms with van der Waals surface area (Å²) < 4.78 is 26.3. The molecule has 0 saturated carbocycles. The lowest BCUT2D eigenvalue weighted by Crippen LogP contribution is -2.39. The maximum atomic E-state index is 13.3. The maximum Gasteiger partial charge on any atom is 0.250 e. The minimum atomic E-state index is -0.932. The molecule has 6 heteroatoms. The smallest absolute Gasteiger partial charge is 0.250 e. The number of amides is 1. The third kappa shape index (κ3) is 2.68. The molecule has 0 radical (unpaired) electrons. The van der Waals surface area contributed by atoms with Crippen LogP contribution >= 0.6 is 11.6 Å². The van der Waals surface area contributed by atoms with Crippen LogP contribution in [0.3, 0.4) is 0 Å². The van der Waals surface area contributed by atoms with Crippen LogP contribution in [0.15, 0.2) is 23.3 Å². The molecule has 1 heterocycles. The van der Waals surface area contributed by atoms with Crippen LogP contribution in [0.4, 0.5) is 8.78 Å². The van der Waals surface area contributed by atoms with Crippen LogP contribution < -0.4 is 0 Å². The number of hydrazone groups is 1. The minimum absolute atomic E-state index is 0.155. The first-order valence-electron chi connectivity index (χ1n) is 6.24. The Kier molecular flexibility index (Phi) is 4.09. The summed E-state index contributed by atoms with van der Waals surface area (Å²) in [5.41, 5.74) is -0.250. The molecule has 0 fully saturated rings. The number of benzene rings is 1. The predicted molar refractivity (Wildman–Crippen MR) is 73.6 cm³/mol. The Bertz CT molecular complexity index is 560. The van der Waals surface area contributed by atoms with E-state index in [1.54, 1.807) is 20.1 Å². The number of hydrogen-bond acceptors (Lipinski definition) is 2. The number of carbonyl (C=O) groups excluding carboxylic acids is 1. The number of nitrogens with zero attached hydrogens (tertiary/aromatic N) is 2. The van der Waals surface area contributed by atoms with E-state index in [1.807, 2.05) is 0 Å². The van der Waals surface area contributed by atoms with Crippen LogP contribution in [0.25, 0.3) is 0 Å². The maximum absolute atomic E-state index is 13.3. The van der Waals surface area contributed by atoms with Crippen LogP contribution in [-0.4, -0.2) is 23.0 Å². The monoisotopic (exact) mass is 300 g/mol. The first-order chi connectivity index (χ1) is 9.36. The summed E-state index contributed by atoms with van der Waals surface area (Å²) >= 11 is 5.80. The molecule has 1 aliphatic rings. The van der Waals surface area contributed by atoms with Crippen molar-refractivity contribution in [3.63, 3.8) is 0 Å². The van der Waals surface area contributed by atoms with Gasteiger partial charge in [0.05, 0.1) is 11.5 Å². The SMILES string of the molecule is CC(C)(CCl)C(=O)N1N=CCC1c1ccc(F)c(F)c1. The van der Waals surface area contributed by atoms with E-state index < -0.39 is 23.1 Å². The number of halogens is 3. The molecule has 1 unspecified atom stereocenters. The topological polar surface area (TPSA) is 32.7 Å². The summed E-state index contributed by atoms with van der Waals surface area (Å²) in [5, 5.41) is 5.34. The van der Waals surface area contributed by atoms with Crippen LogP contribution in [0.5, 0.6) is 0 Å². The van der Waals surface area contributed by atoms with Gasteiger partial charge in [-0.25, -0.2) is 13.8 Å². The molecule has 0 N–H and O–H groups in total. The van der Waals surface area contributed by atoms with Gasteiger partial charge in [0, 0.05) is 18.5 Å². The largest absolute Gasteiger partial charge is 0.272 e. The van der Waals surface area contributed by atoms with Gasteiger partial charge in [0.15, 0.2) is 11.6 Å². The van der Waals surface area contributed by atoms with Crippen LogP contribution in [0, 0.1) is 17.0 Å². The van der Waals surface area contributed by atoms with Gasteiger partial charge in [-0.1, -0.05) is 6.07 Å². The summed E-state index contributed by atoms with van der Waals surface area (Å²) in [7, 11) is 0. The van der Waals surface area contributed by atoms with E-state index in [1.165, 1.54) is 11.1 Å². The van der Waals surface area contributed by atoms with Crippen molar-refractivity contribution < 1.29 is 13.6 Å². The quantitative estimate of drug-likeness (QED) is 0.787. The van der Waals surface area contributed by atoms with Gasteiger partial charge < -0.3 is 0 Å². The fraction of sp³-hybridized carbons (Fsp3) is 0.429. The van der Waals surface area contributed by atoms with E-state index >= 15 is 0 Å². The van der Waals surface area contributed by atoms with Crippen molar-refractivity contribution in [2.75, 3.05) is 5.88 Å². The van der Waals surface area contributed by atoms with Crippen LogP contribution in [0.1, 0.15) is 31.9 Å². The molecule has 3 nitrogen and oxygen atoms in total. The normalized spacial score (nSPS) is 18.6. The molecule has 0 bridgehead atoms. The zero-order chi connectivity index (χ0) is 14.9. The van der Waals surface area contributed by atoms with E-state index in [9.17, 15) is 13.6 Å². The third-order valence-electron chi connectivity index (χ3n) is 3.28. The van der Waals surface area contributed by atoms with E-state index in [4.69, 9.17) is 11.6 Å². The molecule has 1 aliphatic heterocycles. The minimum Gasteiger partial charge on any atom is -0.272 e. The molecule has 1 aromatic carbocycles. The lowest BCUT2D eigenvalue weighted by Gasteiger charge is -2.29. The van der Waals surface area contributed by atoms with Crippen molar-refractivity contribution in [2.24, 2.45) is 10.5 Å². The Balaban J connectivity index is 2.29. The molecule has 1 atom stereocenters. The van der Waals surface area contributed by atoms with Crippen molar-refractivity contribution in [1.82, 2.24) is 5.01 Å². The predicted octanol–water partition coefficient (Wildman–Crippen LogP) is 3.49. The number of hydrogen-bond donors (Lipinski definition) is 0. The Morgan fingerprint density at radius 2 is 2.15 bits per heavy atom. The third-order valence-corrected chi connectivity index (χ3v) is 3.95. The van der Waals surface area contributed by atoms with E-state index in [2.05, 4.69) is 5.10 Å². The first-order valence-corrected chi connectivity index (χ1v) is 6.77. The molecule has 1 aromatic rings. The molecular formula is C14H15ClF2N2O. The summed E-state index contributed by atoms with van der Waals surface area (Å²) in [6.07, 6.45) is 2.06. The Morgan fingerprint density at radius 1 is 1.45 bits per heavy atom. The molecule has 0 aliphatic carbocycles. The van der Waals surface area contributed by atoms with Crippen LogP contribution in [0.2, 0.25) is 0 Å². The fourth-order valence-electron chi connectivity index (χ4n) is 1.97. The average molecular weight is 301 g/mol. The second-order valence-electron chi connectivity index (χ2n) is 5.39. The van der Waals surface area contributed by atoms with Crippen molar-refractivity contribution in [3.8, 4) is 0 Å². The standard InChI is InChI=1S/C14H15ClF2N2O/c1-14(2,8-15)13(20)19-12(5-6-18-19)9-3-4-10(16)11(17)7-9/h3-4,6-7,12H,5,8H2,1-2H3. The van der Waals surface area contributed by atoms with Gasteiger partial charge in [-0.15, -0.1) is 11.6 Å². The first kappa shape index (κ1) is 14.9. The van der Waals surface area contributed by atoms with Gasteiger partial charge in [-0.2, -0.15) is 5.10 Å². The highest BCUT2D eigenvalue weighted by Crippen LogP contribution is 2.33. The zero-order valence-electron chi connectivity index (χ0n) is 11.2.